The van der Waals surface area contributed by atoms with Crippen LogP contribution in [-0.2, 0) is 19.2 Å². The highest BCUT2D eigenvalue weighted by atomic mass is 16.6. The summed E-state index contributed by atoms with van der Waals surface area (Å²) in [5, 5.41) is 45.1. The van der Waals surface area contributed by atoms with Crippen LogP contribution in [0, 0.1) is 67.6 Å². The molecule has 4 rings (SSSR count). The minimum absolute atomic E-state index is 0.0331. The topological polar surface area (TPSA) is 211 Å². The van der Waals surface area contributed by atoms with E-state index in [2.05, 4.69) is 24.6 Å². The Kier molecular flexibility index (Phi) is 13.4. The molecule has 14 nitrogen and oxygen atoms in total. The van der Waals surface area contributed by atoms with Crippen LogP contribution in [0.4, 0.5) is 0 Å². The van der Waals surface area contributed by atoms with Gasteiger partial charge in [-0.25, -0.2) is 0 Å². The molecule has 0 aromatic heterocycles. The van der Waals surface area contributed by atoms with E-state index >= 15 is 0 Å². The van der Waals surface area contributed by atoms with Crippen molar-refractivity contribution in [2.24, 2.45) is 47.3 Å². The molecule has 4 fully saturated rings. The molecular weight excluding hydrogens is 612 g/mol. The molecule has 0 aromatic rings. The third-order valence-electron chi connectivity index (χ3n) is 12.1. The van der Waals surface area contributed by atoms with E-state index in [4.69, 9.17) is 4.84 Å². The van der Waals surface area contributed by atoms with E-state index in [0.717, 1.165) is 57.8 Å². The fourth-order valence-electron chi connectivity index (χ4n) is 9.29. The van der Waals surface area contributed by atoms with Gasteiger partial charge in [0.05, 0.1) is 24.4 Å². The van der Waals surface area contributed by atoms with Gasteiger partial charge in [-0.3, -0.25) is 34.6 Å². The third kappa shape index (κ3) is 9.61. The molecule has 4 saturated carbocycles. The number of hydroxylamine groups is 1. The minimum atomic E-state index is -1.06. The van der Waals surface area contributed by atoms with E-state index in [-0.39, 0.29) is 72.5 Å². The van der Waals surface area contributed by atoms with Crippen molar-refractivity contribution in [1.82, 2.24) is 10.8 Å². The fourth-order valence-corrected chi connectivity index (χ4v) is 9.29. The Balaban J connectivity index is 1.24. The maximum atomic E-state index is 13.3. The van der Waals surface area contributed by atoms with Crippen molar-refractivity contribution >= 4 is 17.8 Å². The quantitative estimate of drug-likeness (QED) is 0.147. The van der Waals surface area contributed by atoms with Crippen LogP contribution >= 0.6 is 0 Å². The van der Waals surface area contributed by atoms with Crippen LogP contribution in [0.1, 0.15) is 110 Å². The van der Waals surface area contributed by atoms with Gasteiger partial charge >= 0.3 is 11.9 Å². The number of hydrogen-bond donors (Lipinski definition) is 4. The van der Waals surface area contributed by atoms with Crippen molar-refractivity contribution in [3.8, 4) is 0 Å². The lowest BCUT2D eigenvalue weighted by Gasteiger charge is -2.41. The molecule has 14 heteroatoms. The van der Waals surface area contributed by atoms with Gasteiger partial charge in [0, 0.05) is 53.5 Å². The zero-order valence-corrected chi connectivity index (χ0v) is 27.8. The number of nitrogens with zero attached hydrogens (tertiary/aromatic N) is 2. The zero-order chi connectivity index (χ0) is 34.2. The first-order valence-corrected chi connectivity index (χ1v) is 17.8. The number of hydrogen-bond acceptors (Lipinski definition) is 9. The van der Waals surface area contributed by atoms with Gasteiger partial charge in [0.15, 0.2) is 0 Å². The lowest BCUT2D eigenvalue weighted by molar-refractivity contribution is -0.528. The Labute approximate surface area is 276 Å². The van der Waals surface area contributed by atoms with Crippen LogP contribution in [0.5, 0.6) is 0 Å². The van der Waals surface area contributed by atoms with Gasteiger partial charge in [0.1, 0.15) is 0 Å². The van der Waals surface area contributed by atoms with Crippen molar-refractivity contribution in [2.45, 2.75) is 134 Å². The summed E-state index contributed by atoms with van der Waals surface area (Å²) in [6.07, 6.45) is 9.88. The number of carboxylic acid groups (broad SMARTS) is 2. The van der Waals surface area contributed by atoms with Gasteiger partial charge in [-0.15, -0.1) is 0 Å². The molecule has 4 N–H and O–H groups in total. The van der Waals surface area contributed by atoms with E-state index < -0.39 is 47.7 Å². The SMILES string of the molecule is CCC1CC(CC2CCC(NC(=O)C3CC([N+](=O)[O-])CCC3C(=O)O)C(CC)C2)CCC1NOCC1CC([N+](=O)[O-])CCC1C(=O)O. The number of amides is 1. The summed E-state index contributed by atoms with van der Waals surface area (Å²) in [7, 11) is 0. The van der Waals surface area contributed by atoms with Crippen LogP contribution in [-0.4, -0.2) is 68.7 Å². The first-order valence-electron chi connectivity index (χ1n) is 17.8. The summed E-state index contributed by atoms with van der Waals surface area (Å²) in [6, 6.07) is -1.51. The zero-order valence-electron chi connectivity index (χ0n) is 27.8. The second-order valence-corrected chi connectivity index (χ2v) is 14.8. The van der Waals surface area contributed by atoms with E-state index in [1.165, 1.54) is 0 Å². The smallest absolute Gasteiger partial charge is 0.307 e. The summed E-state index contributed by atoms with van der Waals surface area (Å²) in [4.78, 5) is 64.7. The van der Waals surface area contributed by atoms with Gasteiger partial charge in [-0.05, 0) is 81.5 Å². The van der Waals surface area contributed by atoms with Crippen molar-refractivity contribution in [3.05, 3.63) is 20.2 Å². The van der Waals surface area contributed by atoms with Crippen LogP contribution in [0.3, 0.4) is 0 Å². The monoisotopic (exact) mass is 666 g/mol. The second kappa shape index (κ2) is 17.0. The van der Waals surface area contributed by atoms with Gasteiger partial charge in [0.2, 0.25) is 18.0 Å². The molecule has 0 bridgehead atoms. The first kappa shape index (κ1) is 37.0. The predicted octanol–water partition coefficient (Wildman–Crippen LogP) is 4.70. The molecule has 4 aliphatic carbocycles. The highest BCUT2D eigenvalue weighted by Gasteiger charge is 2.45. The molecular formula is C33H54N4O10. The van der Waals surface area contributed by atoms with Gasteiger partial charge < -0.3 is 20.4 Å². The average Bonchev–Trinajstić information content (AvgIpc) is 3.05. The molecule has 0 saturated heterocycles. The Morgan fingerprint density at radius 3 is 1.77 bits per heavy atom. The number of carbonyl (C=O) groups excluding carboxylic acids is 1. The minimum Gasteiger partial charge on any atom is -0.481 e. The standard InChI is InChI=1S/C33H54N4O10/c1-3-21-14-19(5-11-29(21)34-31(38)28-17-25(37(45)46)8-10-27(28)33(41)42)13-20-6-12-30(22(4-2)15-20)35-47-18-23-16-24(36(43)44)7-9-26(23)32(39)40/h19-30,35H,3-18H2,1-2H3,(H,34,38)(H,39,40)(H,41,42). The van der Waals surface area contributed by atoms with Crippen LogP contribution in [0.15, 0.2) is 0 Å². The fraction of sp³-hybridized carbons (Fsp3) is 0.909. The molecule has 0 spiro atoms. The molecule has 266 valence electrons. The molecule has 0 heterocycles. The van der Waals surface area contributed by atoms with E-state index in [0.29, 0.717) is 24.2 Å². The summed E-state index contributed by atoms with van der Waals surface area (Å²) in [5.74, 6) is -3.36. The normalized spacial score (nSPS) is 37.8. The summed E-state index contributed by atoms with van der Waals surface area (Å²) >= 11 is 0. The first-order chi connectivity index (χ1) is 22.4. The Hall–Kier alpha value is -2.87. The third-order valence-corrected chi connectivity index (χ3v) is 12.1. The molecule has 1 amide bonds. The molecule has 12 unspecified atom stereocenters. The predicted molar refractivity (Wildman–Crippen MR) is 170 cm³/mol. The number of aliphatic carboxylic acids is 2. The summed E-state index contributed by atoms with van der Waals surface area (Å²) in [5.41, 5.74) is 3.21. The van der Waals surface area contributed by atoms with Gasteiger partial charge in [0.25, 0.3) is 0 Å². The number of carboxylic acids is 2. The van der Waals surface area contributed by atoms with Gasteiger partial charge in [-0.2, -0.15) is 5.48 Å². The van der Waals surface area contributed by atoms with Crippen molar-refractivity contribution in [1.29, 1.82) is 0 Å². The average molecular weight is 667 g/mol. The largest absolute Gasteiger partial charge is 0.481 e. The number of carbonyl (C=O) groups is 3. The highest BCUT2D eigenvalue weighted by molar-refractivity contribution is 5.85. The van der Waals surface area contributed by atoms with E-state index in [9.17, 15) is 44.8 Å². The summed E-state index contributed by atoms with van der Waals surface area (Å²) in [6.45, 7) is 4.42. The maximum Gasteiger partial charge on any atom is 0.307 e. The van der Waals surface area contributed by atoms with Crippen molar-refractivity contribution in [2.75, 3.05) is 6.61 Å². The second-order valence-electron chi connectivity index (χ2n) is 14.8. The van der Waals surface area contributed by atoms with Crippen LogP contribution in [0.2, 0.25) is 0 Å². The summed E-state index contributed by atoms with van der Waals surface area (Å²) < 4.78 is 0. The van der Waals surface area contributed by atoms with Crippen molar-refractivity contribution < 1.29 is 39.3 Å². The highest BCUT2D eigenvalue weighted by Crippen LogP contribution is 2.41. The number of rotatable bonds is 14. The van der Waals surface area contributed by atoms with Crippen molar-refractivity contribution in [3.63, 3.8) is 0 Å². The number of nitro groups is 2. The molecule has 12 atom stereocenters. The molecule has 4 aliphatic rings. The van der Waals surface area contributed by atoms with Gasteiger partial charge in [-0.1, -0.05) is 26.7 Å². The Morgan fingerprint density at radius 2 is 1.21 bits per heavy atom. The van der Waals surface area contributed by atoms with Crippen LogP contribution < -0.4 is 10.8 Å². The maximum absolute atomic E-state index is 13.3. The molecule has 0 aliphatic heterocycles. The Bertz CT molecular complexity index is 1120. The van der Waals surface area contributed by atoms with Crippen LogP contribution in [0.25, 0.3) is 0 Å². The van der Waals surface area contributed by atoms with E-state index in [1.807, 2.05) is 0 Å². The lowest BCUT2D eigenvalue weighted by atomic mass is 9.69. The Morgan fingerprint density at radius 1 is 0.681 bits per heavy atom. The molecule has 47 heavy (non-hydrogen) atoms. The molecule has 0 aromatic carbocycles. The van der Waals surface area contributed by atoms with E-state index in [1.54, 1.807) is 0 Å². The number of nitrogens with one attached hydrogen (secondary N) is 2. The lowest BCUT2D eigenvalue weighted by Crippen LogP contribution is -2.50. The molecule has 0 radical (unpaired) electrons.